The van der Waals surface area contributed by atoms with Gasteiger partial charge >= 0.3 is 0 Å². The quantitative estimate of drug-likeness (QED) is 0.886. The summed E-state index contributed by atoms with van der Waals surface area (Å²) in [4.78, 5) is 16.1. The first kappa shape index (κ1) is 12.9. The standard InChI is InChI=1S/C14H14N2O3/c1-9-8-15-6-5-12(9)16-14(18)11-7-10(19-2)3-4-13(11)17/h3-8,17H,1-2H3,(H,15,16,18). The highest BCUT2D eigenvalue weighted by atomic mass is 16.5. The van der Waals surface area contributed by atoms with Crippen LogP contribution in [0.1, 0.15) is 15.9 Å². The molecule has 2 N–H and O–H groups in total. The fourth-order valence-corrected chi connectivity index (χ4v) is 1.63. The van der Waals surface area contributed by atoms with E-state index in [0.29, 0.717) is 11.4 Å². The molecule has 0 aliphatic carbocycles. The second-order valence-electron chi connectivity index (χ2n) is 4.03. The van der Waals surface area contributed by atoms with Gasteiger partial charge in [0.1, 0.15) is 11.5 Å². The number of pyridine rings is 1. The Morgan fingerprint density at radius 1 is 1.37 bits per heavy atom. The number of rotatable bonds is 3. The van der Waals surface area contributed by atoms with E-state index in [2.05, 4.69) is 10.3 Å². The van der Waals surface area contributed by atoms with E-state index in [1.54, 1.807) is 24.5 Å². The van der Waals surface area contributed by atoms with Crippen molar-refractivity contribution < 1.29 is 14.6 Å². The number of aryl methyl sites for hydroxylation is 1. The number of hydrogen-bond acceptors (Lipinski definition) is 4. The Morgan fingerprint density at radius 3 is 2.84 bits per heavy atom. The zero-order valence-corrected chi connectivity index (χ0v) is 10.7. The normalized spacial score (nSPS) is 10.0. The fourth-order valence-electron chi connectivity index (χ4n) is 1.63. The van der Waals surface area contributed by atoms with Gasteiger partial charge in [0.2, 0.25) is 0 Å². The van der Waals surface area contributed by atoms with E-state index in [0.717, 1.165) is 5.56 Å². The lowest BCUT2D eigenvalue weighted by atomic mass is 10.1. The first-order valence-corrected chi connectivity index (χ1v) is 5.71. The van der Waals surface area contributed by atoms with Crippen molar-refractivity contribution in [3.05, 3.63) is 47.8 Å². The number of nitrogens with one attached hydrogen (secondary N) is 1. The molecule has 1 heterocycles. The summed E-state index contributed by atoms with van der Waals surface area (Å²) in [5.41, 5.74) is 1.66. The topological polar surface area (TPSA) is 71.5 Å². The molecule has 0 saturated heterocycles. The molecule has 98 valence electrons. The number of carbonyl (C=O) groups excluding carboxylic acids is 1. The van der Waals surface area contributed by atoms with Crippen LogP contribution in [0.3, 0.4) is 0 Å². The van der Waals surface area contributed by atoms with E-state index in [1.165, 1.54) is 19.2 Å². The molecule has 0 spiro atoms. The van der Waals surface area contributed by atoms with E-state index in [9.17, 15) is 9.90 Å². The van der Waals surface area contributed by atoms with Crippen LogP contribution in [0, 0.1) is 6.92 Å². The van der Waals surface area contributed by atoms with Crippen molar-refractivity contribution in [3.8, 4) is 11.5 Å². The molecule has 0 aliphatic heterocycles. The molecule has 5 nitrogen and oxygen atoms in total. The van der Waals surface area contributed by atoms with Gasteiger partial charge in [-0.15, -0.1) is 0 Å². The van der Waals surface area contributed by atoms with Crippen LogP contribution in [-0.2, 0) is 0 Å². The Hall–Kier alpha value is -2.56. The number of phenols is 1. The lowest BCUT2D eigenvalue weighted by molar-refractivity contribution is 0.102. The summed E-state index contributed by atoms with van der Waals surface area (Å²) in [6.07, 6.45) is 3.25. The van der Waals surface area contributed by atoms with Gasteiger partial charge in [-0.1, -0.05) is 0 Å². The molecule has 19 heavy (non-hydrogen) atoms. The number of methoxy groups -OCH3 is 1. The predicted molar refractivity (Wildman–Crippen MR) is 71.6 cm³/mol. The van der Waals surface area contributed by atoms with Crippen LogP contribution in [0.4, 0.5) is 5.69 Å². The lowest BCUT2D eigenvalue weighted by Crippen LogP contribution is -2.13. The number of anilines is 1. The third-order valence-electron chi connectivity index (χ3n) is 2.72. The van der Waals surface area contributed by atoms with Crippen molar-refractivity contribution in [2.45, 2.75) is 6.92 Å². The molecular weight excluding hydrogens is 244 g/mol. The monoisotopic (exact) mass is 258 g/mol. The Balaban J connectivity index is 2.28. The number of phenolic OH excluding ortho intramolecular Hbond substituents is 1. The maximum absolute atomic E-state index is 12.1. The van der Waals surface area contributed by atoms with E-state index in [4.69, 9.17) is 4.74 Å². The molecule has 1 amide bonds. The van der Waals surface area contributed by atoms with E-state index in [-0.39, 0.29) is 11.3 Å². The molecule has 0 atom stereocenters. The van der Waals surface area contributed by atoms with E-state index in [1.807, 2.05) is 6.92 Å². The highest BCUT2D eigenvalue weighted by Gasteiger charge is 2.13. The van der Waals surface area contributed by atoms with Crippen LogP contribution in [0.25, 0.3) is 0 Å². The molecular formula is C14H14N2O3. The van der Waals surface area contributed by atoms with Crippen molar-refractivity contribution in [2.75, 3.05) is 12.4 Å². The van der Waals surface area contributed by atoms with E-state index < -0.39 is 5.91 Å². The minimum absolute atomic E-state index is 0.0926. The van der Waals surface area contributed by atoms with Crippen LogP contribution in [0.2, 0.25) is 0 Å². The number of aromatic nitrogens is 1. The minimum atomic E-state index is -0.397. The Morgan fingerprint density at radius 2 is 2.16 bits per heavy atom. The first-order valence-electron chi connectivity index (χ1n) is 5.71. The molecule has 0 bridgehead atoms. The molecule has 0 aliphatic rings. The van der Waals surface area contributed by atoms with Crippen molar-refractivity contribution >= 4 is 11.6 Å². The molecule has 1 aromatic heterocycles. The van der Waals surface area contributed by atoms with Crippen molar-refractivity contribution in [2.24, 2.45) is 0 Å². The smallest absolute Gasteiger partial charge is 0.259 e. The molecule has 1 aromatic carbocycles. The van der Waals surface area contributed by atoms with Gasteiger partial charge in [0.05, 0.1) is 12.7 Å². The van der Waals surface area contributed by atoms with Crippen molar-refractivity contribution in [3.63, 3.8) is 0 Å². The summed E-state index contributed by atoms with van der Waals surface area (Å²) in [5.74, 6) is 0.0186. The summed E-state index contributed by atoms with van der Waals surface area (Å²) in [6.45, 7) is 1.84. The number of hydrogen-bond donors (Lipinski definition) is 2. The SMILES string of the molecule is COc1ccc(O)c(C(=O)Nc2ccncc2C)c1. The van der Waals surface area contributed by atoms with E-state index >= 15 is 0 Å². The van der Waals surface area contributed by atoms with Gasteiger partial charge in [-0.25, -0.2) is 0 Å². The highest BCUT2D eigenvalue weighted by Crippen LogP contribution is 2.24. The largest absolute Gasteiger partial charge is 0.507 e. The van der Waals surface area contributed by atoms with Gasteiger partial charge in [-0.3, -0.25) is 9.78 Å². The number of aromatic hydroxyl groups is 1. The molecule has 0 radical (unpaired) electrons. The first-order chi connectivity index (χ1) is 9.11. The summed E-state index contributed by atoms with van der Waals surface area (Å²) in [5, 5.41) is 12.4. The van der Waals surface area contributed by atoms with Crippen LogP contribution in [0.15, 0.2) is 36.7 Å². The van der Waals surface area contributed by atoms with Crippen LogP contribution < -0.4 is 10.1 Å². The van der Waals surface area contributed by atoms with Crippen LogP contribution in [0.5, 0.6) is 11.5 Å². The van der Waals surface area contributed by atoms with Crippen LogP contribution in [-0.4, -0.2) is 23.1 Å². The second-order valence-corrected chi connectivity index (χ2v) is 4.03. The molecule has 5 heteroatoms. The molecule has 0 saturated carbocycles. The number of carbonyl (C=O) groups is 1. The minimum Gasteiger partial charge on any atom is -0.507 e. The Bertz CT molecular complexity index is 611. The predicted octanol–water partition coefficient (Wildman–Crippen LogP) is 2.36. The Labute approximate surface area is 110 Å². The van der Waals surface area contributed by atoms with Gasteiger partial charge in [0, 0.05) is 18.1 Å². The third kappa shape index (κ3) is 2.82. The number of nitrogens with zero attached hydrogens (tertiary/aromatic N) is 1. The fraction of sp³-hybridized carbons (Fsp3) is 0.143. The van der Waals surface area contributed by atoms with Gasteiger partial charge < -0.3 is 15.2 Å². The molecule has 0 unspecified atom stereocenters. The zero-order valence-electron chi connectivity index (χ0n) is 10.7. The van der Waals surface area contributed by atoms with Crippen molar-refractivity contribution in [1.29, 1.82) is 0 Å². The van der Waals surface area contributed by atoms with Gasteiger partial charge in [-0.2, -0.15) is 0 Å². The lowest BCUT2D eigenvalue weighted by Gasteiger charge is -2.10. The summed E-state index contributed by atoms with van der Waals surface area (Å²) < 4.78 is 5.03. The highest BCUT2D eigenvalue weighted by molar-refractivity contribution is 6.06. The van der Waals surface area contributed by atoms with Crippen LogP contribution >= 0.6 is 0 Å². The molecule has 2 aromatic rings. The average Bonchev–Trinajstić information content (AvgIpc) is 2.42. The Kier molecular flexibility index (Phi) is 3.66. The number of ether oxygens (including phenoxy) is 1. The van der Waals surface area contributed by atoms with Gasteiger partial charge in [-0.05, 0) is 36.8 Å². The van der Waals surface area contributed by atoms with Crippen molar-refractivity contribution in [1.82, 2.24) is 4.98 Å². The number of amides is 1. The summed E-state index contributed by atoms with van der Waals surface area (Å²) >= 11 is 0. The maximum Gasteiger partial charge on any atom is 0.259 e. The third-order valence-corrected chi connectivity index (χ3v) is 2.72. The summed E-state index contributed by atoms with van der Waals surface area (Å²) in [6, 6.07) is 6.20. The van der Waals surface area contributed by atoms with Gasteiger partial charge in [0.15, 0.2) is 0 Å². The zero-order chi connectivity index (χ0) is 13.8. The molecule has 2 rings (SSSR count). The average molecular weight is 258 g/mol. The maximum atomic E-state index is 12.1. The second kappa shape index (κ2) is 5.39. The summed E-state index contributed by atoms with van der Waals surface area (Å²) in [7, 11) is 1.50. The molecule has 0 fully saturated rings. The number of benzene rings is 1. The van der Waals surface area contributed by atoms with Gasteiger partial charge in [0.25, 0.3) is 5.91 Å².